The lowest BCUT2D eigenvalue weighted by Crippen LogP contribution is -2.11. The summed E-state index contributed by atoms with van der Waals surface area (Å²) < 4.78 is 47.2. The van der Waals surface area contributed by atoms with Crippen LogP contribution in [0.15, 0.2) is 314 Å². The summed E-state index contributed by atoms with van der Waals surface area (Å²) in [5.74, 6) is 12.1. The van der Waals surface area contributed by atoms with Crippen LogP contribution in [0.2, 0.25) is 5.02 Å². The number of carbonyl (C=O) groups is 4. The fourth-order valence-corrected chi connectivity index (χ4v) is 16.0. The van der Waals surface area contributed by atoms with Gasteiger partial charge in [0.1, 0.15) is 92.0 Å². The van der Waals surface area contributed by atoms with Crippen molar-refractivity contribution in [3.05, 3.63) is 397 Å². The Labute approximate surface area is 761 Å². The minimum Gasteiger partial charge on any atom is -0.457 e. The van der Waals surface area contributed by atoms with E-state index in [4.69, 9.17) is 55.2 Å². The molecule has 3 heterocycles. The number of ether oxygens (including phenoxy) is 8. The van der Waals surface area contributed by atoms with Crippen LogP contribution >= 0.6 is 50.2 Å². The van der Waals surface area contributed by atoms with Crippen molar-refractivity contribution in [3.63, 3.8) is 0 Å². The Morgan fingerprint density at radius 2 is 0.583 bits per heavy atom. The number of hydrogen-bond acceptors (Lipinski definition) is 18. The molecule has 17 nitrogen and oxygen atoms in total. The average Bonchev–Trinajstić information content (AvgIpc) is 1.76. The first kappa shape index (κ1) is 91.9. The Bertz CT molecular complexity index is 6330. The number of aryl methyl sites for hydroxylation is 10. The third-order valence-electron chi connectivity index (χ3n) is 19.5. The molecule has 16 rings (SSSR count). The van der Waals surface area contributed by atoms with E-state index in [1.165, 1.54) is 22.7 Å². The SMILES string of the molecule is CC(=O)c1c(C)cc(Cl)cc1C.CC(=O)c1c(C)cc(Oc2ccc(Oc3ccccc3)cc2)cc1C.Cc1cc(Oc2ccc(Oc3ccccc3)cc2)cc(C)c1-c1csc(N)n1.Cc1cc(Oc2ccc(Oc3ccccc3)cc2)cc(C)c1-c1csc(NC(=O)c2ccncc2)n1.Cc1cc(Oc2ccc(Oc3ccccc3)cc2)cc(C)c1C(=O)CBr. The molecule has 3 N–H and O–H groups in total. The van der Waals surface area contributed by atoms with Gasteiger partial charge in [-0.25, -0.2) is 9.97 Å². The zero-order valence-corrected chi connectivity index (χ0v) is 76.1. The Hall–Kier alpha value is -14.3. The molecule has 0 spiro atoms. The number of carbonyl (C=O) groups excluding carboxylic acids is 4. The number of alkyl halides is 1. The van der Waals surface area contributed by atoms with E-state index in [1.54, 1.807) is 38.4 Å². The number of rotatable bonds is 24. The second-order valence-electron chi connectivity index (χ2n) is 29.6. The smallest absolute Gasteiger partial charge is 0.257 e. The number of nitrogens with two attached hydrogens (primary N) is 1. The van der Waals surface area contributed by atoms with Gasteiger partial charge in [-0.05, 0) is 357 Å². The van der Waals surface area contributed by atoms with Gasteiger partial charge in [-0.3, -0.25) is 29.5 Å². The van der Waals surface area contributed by atoms with E-state index >= 15 is 0 Å². The quantitative estimate of drug-likeness (QED) is 0.0424. The van der Waals surface area contributed by atoms with Gasteiger partial charge in [0.2, 0.25) is 0 Å². The van der Waals surface area contributed by atoms with Gasteiger partial charge in [0.15, 0.2) is 27.6 Å². The minimum atomic E-state index is -0.212. The Balaban J connectivity index is 0.000000149. The van der Waals surface area contributed by atoms with Gasteiger partial charge in [-0.1, -0.05) is 100 Å². The Kier molecular flexibility index (Phi) is 32.1. The van der Waals surface area contributed by atoms with Crippen LogP contribution in [0.4, 0.5) is 10.3 Å². The first-order valence-corrected chi connectivity index (χ1v) is 43.8. The van der Waals surface area contributed by atoms with E-state index in [2.05, 4.69) is 50.0 Å². The molecule has 0 fully saturated rings. The summed E-state index contributed by atoms with van der Waals surface area (Å²) >= 11 is 11.9. The number of hydrogen-bond donors (Lipinski definition) is 2. The molecular weight excluding hydrogens is 1710 g/mol. The van der Waals surface area contributed by atoms with Crippen LogP contribution in [-0.4, -0.2) is 43.5 Å². The van der Waals surface area contributed by atoms with Crippen LogP contribution in [0, 0.1) is 69.2 Å². The number of nitrogens with one attached hydrogen (secondary N) is 1. The standard InChI is InChI=1S/C29H23N3O3S.C23H20N2O2S.C22H19BrO3.C22H20O3.C10H11ClO/c1-19-16-25(35-24-10-8-23(9-11-24)34-22-6-4-3-5-7-22)17-20(2)27(19)26-18-36-29(31-26)32-28(33)21-12-14-30-15-13-21;1-15-12-20(13-16(2)22(15)21-14-28-23(24)25-21)27-19-10-8-18(9-11-19)26-17-6-4-3-5-7-17;1-15-12-20(13-16(2)22(15)21(24)14-23)26-19-10-8-18(9-11-19)25-17-6-4-3-5-7-17;1-15-13-21(14-16(2)22(15)17(3)23)25-20-11-9-19(10-12-20)24-18-7-5-4-6-8-18;1-6-4-9(11)5-7(2)10(6)8(3)12/h3-18H,1-2H3,(H,31,32,33);3-14H,1-2H3,(H2,24,25);3-13H,14H2,1-2H3;4-14H,1-3H3;4-5H,1-3H3. The maximum atomic E-state index is 12.4. The number of aromatic nitrogens is 3. The second-order valence-corrected chi connectivity index (χ2v) is 32.3. The van der Waals surface area contributed by atoms with Gasteiger partial charge in [0.05, 0.1) is 16.7 Å². The molecule has 1 amide bonds. The molecule has 0 aliphatic rings. The number of nitrogens with zero attached hydrogens (tertiary/aromatic N) is 3. The van der Waals surface area contributed by atoms with Crippen LogP contribution in [0.5, 0.6) is 92.0 Å². The summed E-state index contributed by atoms with van der Waals surface area (Å²) in [6, 6.07) is 91.2. The molecule has 127 heavy (non-hydrogen) atoms. The highest BCUT2D eigenvalue weighted by Crippen LogP contribution is 2.40. The van der Waals surface area contributed by atoms with Crippen molar-refractivity contribution in [2.24, 2.45) is 0 Å². The second kappa shape index (κ2) is 44.4. The predicted molar refractivity (Wildman–Crippen MR) is 514 cm³/mol. The van der Waals surface area contributed by atoms with Gasteiger partial charge < -0.3 is 43.6 Å². The maximum absolute atomic E-state index is 12.4. The molecule has 21 heteroatoms. The Morgan fingerprint density at radius 3 is 0.858 bits per heavy atom. The molecular formula is C106H93BrClN5O12S2. The van der Waals surface area contributed by atoms with Crippen molar-refractivity contribution >= 4 is 83.7 Å². The van der Waals surface area contributed by atoms with Crippen LogP contribution in [0.1, 0.15) is 111 Å². The van der Waals surface area contributed by atoms with Gasteiger partial charge in [-0.15, -0.1) is 22.7 Å². The molecule has 640 valence electrons. The fourth-order valence-electron chi connectivity index (χ4n) is 14.1. The molecule has 0 bridgehead atoms. The van der Waals surface area contributed by atoms with E-state index in [1.807, 2.05) is 345 Å². The first-order valence-electron chi connectivity index (χ1n) is 40.5. The summed E-state index contributed by atoms with van der Waals surface area (Å²) in [4.78, 5) is 60.3. The first-order chi connectivity index (χ1) is 61.2. The van der Waals surface area contributed by atoms with Crippen LogP contribution in [0.3, 0.4) is 0 Å². The van der Waals surface area contributed by atoms with Crippen LogP contribution in [0.25, 0.3) is 22.5 Å². The molecule has 0 saturated heterocycles. The van der Waals surface area contributed by atoms with E-state index in [0.717, 1.165) is 175 Å². The number of ketones is 3. The van der Waals surface area contributed by atoms with E-state index in [-0.39, 0.29) is 23.3 Å². The number of benzene rings is 13. The van der Waals surface area contributed by atoms with Crippen molar-refractivity contribution in [2.75, 3.05) is 16.4 Å². The number of pyridine rings is 1. The van der Waals surface area contributed by atoms with Crippen molar-refractivity contribution in [1.82, 2.24) is 15.0 Å². The summed E-state index contributed by atoms with van der Waals surface area (Å²) in [6.07, 6.45) is 3.18. The minimum absolute atomic E-state index is 0.0731. The van der Waals surface area contributed by atoms with Crippen LogP contribution in [-0.2, 0) is 0 Å². The maximum Gasteiger partial charge on any atom is 0.257 e. The summed E-state index contributed by atoms with van der Waals surface area (Å²) in [5.41, 5.74) is 22.3. The fraction of sp³-hybridized carbons (Fsp3) is 0.123. The van der Waals surface area contributed by atoms with Gasteiger partial charge >= 0.3 is 0 Å². The van der Waals surface area contributed by atoms with E-state index in [0.29, 0.717) is 37.7 Å². The molecule has 0 unspecified atom stereocenters. The lowest BCUT2D eigenvalue weighted by molar-refractivity contribution is 0.100. The number of thiazole rings is 2. The molecule has 16 aromatic rings. The zero-order chi connectivity index (χ0) is 90.0. The molecule has 0 atom stereocenters. The largest absolute Gasteiger partial charge is 0.457 e. The molecule has 0 saturated carbocycles. The Morgan fingerprint density at radius 1 is 0.331 bits per heavy atom. The number of amides is 1. The van der Waals surface area contributed by atoms with Gasteiger partial charge in [0, 0.05) is 61.6 Å². The van der Waals surface area contributed by atoms with Crippen molar-refractivity contribution in [1.29, 1.82) is 0 Å². The van der Waals surface area contributed by atoms with Crippen molar-refractivity contribution in [2.45, 2.75) is 83.1 Å². The summed E-state index contributed by atoms with van der Waals surface area (Å²) in [6.45, 7) is 22.8. The highest BCUT2D eigenvalue weighted by atomic mass is 79.9. The summed E-state index contributed by atoms with van der Waals surface area (Å²) in [7, 11) is 0. The van der Waals surface area contributed by atoms with Gasteiger partial charge in [-0.2, -0.15) is 0 Å². The lowest BCUT2D eigenvalue weighted by Gasteiger charge is -2.13. The normalized spacial score (nSPS) is 10.5. The molecule has 0 aliphatic heterocycles. The van der Waals surface area contributed by atoms with Gasteiger partial charge in [0.25, 0.3) is 5.91 Å². The van der Waals surface area contributed by atoms with Crippen LogP contribution < -0.4 is 48.9 Å². The number of anilines is 2. The monoisotopic (exact) mass is 1810 g/mol. The topological polar surface area (TPSA) is 219 Å². The number of para-hydroxylation sites is 4. The van der Waals surface area contributed by atoms with Crippen molar-refractivity contribution in [3.8, 4) is 115 Å². The lowest BCUT2D eigenvalue weighted by atomic mass is 9.99. The third kappa shape index (κ3) is 26.4. The third-order valence-corrected chi connectivity index (χ3v) is 21.6. The molecule has 13 aromatic carbocycles. The van der Waals surface area contributed by atoms with E-state index in [9.17, 15) is 19.2 Å². The number of nitrogen functional groups attached to an aromatic ring is 1. The average molecular weight is 1810 g/mol. The van der Waals surface area contributed by atoms with Crippen molar-refractivity contribution < 1.29 is 57.1 Å². The molecule has 0 aliphatic carbocycles. The molecule has 3 aromatic heterocycles. The number of halogens is 2. The summed E-state index contributed by atoms with van der Waals surface area (Å²) in [5, 5.41) is 8.92. The highest BCUT2D eigenvalue weighted by molar-refractivity contribution is 9.09. The number of Topliss-reactive ketones (excluding diaryl/α,β-unsaturated/α-hetero) is 3. The van der Waals surface area contributed by atoms with E-state index < -0.39 is 0 Å². The molecule has 0 radical (unpaired) electrons. The highest BCUT2D eigenvalue weighted by Gasteiger charge is 2.19. The zero-order valence-electron chi connectivity index (χ0n) is 72.1. The predicted octanol–water partition coefficient (Wildman–Crippen LogP) is 30.0.